The first-order chi connectivity index (χ1) is 11.3. The Labute approximate surface area is 137 Å². The van der Waals surface area contributed by atoms with E-state index in [4.69, 9.17) is 0 Å². The molecule has 8 heteroatoms. The SMILES string of the molecule is O=C(c1ccnc(C2CCCC2)n1)N1CCC(O)(C(F)(F)F)CC1. The molecule has 1 aromatic rings. The smallest absolute Gasteiger partial charge is 0.380 e. The van der Waals surface area contributed by atoms with Gasteiger partial charge in [-0.3, -0.25) is 4.79 Å². The molecule has 2 aliphatic rings. The molecule has 1 aromatic heterocycles. The van der Waals surface area contributed by atoms with Crippen molar-refractivity contribution in [3.63, 3.8) is 0 Å². The summed E-state index contributed by atoms with van der Waals surface area (Å²) in [6.07, 6.45) is 0.0742. The summed E-state index contributed by atoms with van der Waals surface area (Å²) in [5.41, 5.74) is -2.49. The molecular weight excluding hydrogens is 323 g/mol. The number of nitrogens with zero attached hydrogens (tertiary/aromatic N) is 3. The van der Waals surface area contributed by atoms with Crippen LogP contribution in [-0.4, -0.2) is 50.7 Å². The standard InChI is InChI=1S/C16H20F3N3O2/c17-16(18,19)15(24)6-9-22(10-7-15)14(23)12-5-8-20-13(21-12)11-3-1-2-4-11/h5,8,11,24H,1-4,6-7,9-10H2. The second kappa shape index (κ2) is 6.31. The highest BCUT2D eigenvalue weighted by atomic mass is 19.4. The number of carbonyl (C=O) groups is 1. The summed E-state index contributed by atoms with van der Waals surface area (Å²) in [7, 11) is 0. The first-order valence-electron chi connectivity index (χ1n) is 8.21. The lowest BCUT2D eigenvalue weighted by Gasteiger charge is -2.38. The molecule has 0 atom stereocenters. The number of likely N-dealkylation sites (tertiary alicyclic amines) is 1. The van der Waals surface area contributed by atoms with Gasteiger partial charge in [-0.25, -0.2) is 9.97 Å². The molecule has 0 aromatic carbocycles. The Morgan fingerprint density at radius 1 is 1.25 bits per heavy atom. The molecule has 2 fully saturated rings. The zero-order valence-electron chi connectivity index (χ0n) is 13.2. The number of rotatable bonds is 2. The van der Waals surface area contributed by atoms with Crippen LogP contribution in [0.4, 0.5) is 13.2 Å². The predicted octanol–water partition coefficient (Wildman–Crippen LogP) is 2.66. The molecule has 24 heavy (non-hydrogen) atoms. The first kappa shape index (κ1) is 17.1. The van der Waals surface area contributed by atoms with Crippen molar-refractivity contribution in [2.45, 2.75) is 56.2 Å². The van der Waals surface area contributed by atoms with Crippen LogP contribution in [-0.2, 0) is 0 Å². The average Bonchev–Trinajstić information content (AvgIpc) is 3.08. The third kappa shape index (κ3) is 3.24. The van der Waals surface area contributed by atoms with Gasteiger partial charge in [0.2, 0.25) is 0 Å². The molecule has 3 rings (SSSR count). The fraction of sp³-hybridized carbons (Fsp3) is 0.688. The number of aromatic nitrogens is 2. The largest absolute Gasteiger partial charge is 0.417 e. The predicted molar refractivity (Wildman–Crippen MR) is 79.4 cm³/mol. The van der Waals surface area contributed by atoms with Crippen LogP contribution in [0.25, 0.3) is 0 Å². The second-order valence-electron chi connectivity index (χ2n) is 6.60. The molecule has 1 aliphatic carbocycles. The molecule has 5 nitrogen and oxygen atoms in total. The Hall–Kier alpha value is -1.70. The Morgan fingerprint density at radius 2 is 1.88 bits per heavy atom. The second-order valence-corrected chi connectivity index (χ2v) is 6.60. The Morgan fingerprint density at radius 3 is 2.46 bits per heavy atom. The molecule has 1 N–H and O–H groups in total. The van der Waals surface area contributed by atoms with Crippen LogP contribution in [0.15, 0.2) is 12.3 Å². The molecule has 1 saturated carbocycles. The van der Waals surface area contributed by atoms with Gasteiger partial charge in [0, 0.05) is 38.0 Å². The zero-order chi connectivity index (χ0) is 17.4. The van der Waals surface area contributed by atoms with Crippen LogP contribution in [0.3, 0.4) is 0 Å². The van der Waals surface area contributed by atoms with Crippen LogP contribution in [0.1, 0.15) is 60.8 Å². The van der Waals surface area contributed by atoms with E-state index in [0.29, 0.717) is 5.82 Å². The lowest BCUT2D eigenvalue weighted by Crippen LogP contribution is -2.54. The maximum atomic E-state index is 12.8. The lowest BCUT2D eigenvalue weighted by molar-refractivity contribution is -0.271. The van der Waals surface area contributed by atoms with E-state index < -0.39 is 30.5 Å². The van der Waals surface area contributed by atoms with Gasteiger partial charge < -0.3 is 10.0 Å². The minimum Gasteiger partial charge on any atom is -0.380 e. The summed E-state index contributed by atoms with van der Waals surface area (Å²) in [5, 5.41) is 9.68. The monoisotopic (exact) mass is 343 g/mol. The van der Waals surface area contributed by atoms with E-state index in [9.17, 15) is 23.1 Å². The van der Waals surface area contributed by atoms with E-state index in [2.05, 4.69) is 9.97 Å². The number of amides is 1. The number of aliphatic hydroxyl groups is 1. The number of hydrogen-bond acceptors (Lipinski definition) is 4. The van der Waals surface area contributed by atoms with Gasteiger partial charge in [-0.15, -0.1) is 0 Å². The fourth-order valence-electron chi connectivity index (χ4n) is 3.40. The summed E-state index contributed by atoms with van der Waals surface area (Å²) in [5.74, 6) is 0.498. The van der Waals surface area contributed by atoms with Gasteiger partial charge in [0.25, 0.3) is 5.91 Å². The molecule has 1 saturated heterocycles. The van der Waals surface area contributed by atoms with Crippen LogP contribution >= 0.6 is 0 Å². The first-order valence-corrected chi connectivity index (χ1v) is 8.21. The molecular formula is C16H20F3N3O2. The third-order valence-electron chi connectivity index (χ3n) is 5.02. The van der Waals surface area contributed by atoms with Gasteiger partial charge in [0.15, 0.2) is 5.60 Å². The highest BCUT2D eigenvalue weighted by Gasteiger charge is 2.55. The highest BCUT2D eigenvalue weighted by Crippen LogP contribution is 2.38. The summed E-state index contributed by atoms with van der Waals surface area (Å²) in [4.78, 5) is 22.4. The minimum atomic E-state index is -4.67. The van der Waals surface area contributed by atoms with Gasteiger partial charge in [0.05, 0.1) is 0 Å². The van der Waals surface area contributed by atoms with E-state index in [1.807, 2.05) is 0 Å². The van der Waals surface area contributed by atoms with Crippen LogP contribution in [0.5, 0.6) is 0 Å². The average molecular weight is 343 g/mol. The molecule has 0 spiro atoms. The van der Waals surface area contributed by atoms with Crippen molar-refractivity contribution in [2.24, 2.45) is 0 Å². The maximum absolute atomic E-state index is 12.8. The van der Waals surface area contributed by atoms with Crippen molar-refractivity contribution in [3.8, 4) is 0 Å². The van der Waals surface area contributed by atoms with E-state index in [-0.39, 0.29) is 24.7 Å². The quantitative estimate of drug-likeness (QED) is 0.897. The van der Waals surface area contributed by atoms with E-state index in [1.165, 1.54) is 17.2 Å². The van der Waals surface area contributed by atoms with E-state index >= 15 is 0 Å². The molecule has 0 bridgehead atoms. The number of piperidine rings is 1. The summed E-state index contributed by atoms with van der Waals surface area (Å²) in [6, 6.07) is 1.49. The Bertz CT molecular complexity index is 607. The van der Waals surface area contributed by atoms with E-state index in [1.54, 1.807) is 0 Å². The molecule has 0 radical (unpaired) electrons. The van der Waals surface area contributed by atoms with Crippen LogP contribution in [0.2, 0.25) is 0 Å². The van der Waals surface area contributed by atoms with Crippen LogP contribution in [0, 0.1) is 0 Å². The third-order valence-corrected chi connectivity index (χ3v) is 5.02. The van der Waals surface area contributed by atoms with Crippen molar-refractivity contribution < 1.29 is 23.1 Å². The molecule has 132 valence electrons. The van der Waals surface area contributed by atoms with E-state index in [0.717, 1.165) is 25.7 Å². The van der Waals surface area contributed by atoms with Gasteiger partial charge in [-0.05, 0) is 18.9 Å². The normalized spacial score (nSPS) is 21.9. The van der Waals surface area contributed by atoms with Gasteiger partial charge in [-0.1, -0.05) is 12.8 Å². The van der Waals surface area contributed by atoms with Crippen molar-refractivity contribution in [1.82, 2.24) is 14.9 Å². The Balaban J connectivity index is 1.68. The molecule has 1 amide bonds. The number of alkyl halides is 3. The summed E-state index contributed by atoms with van der Waals surface area (Å²) >= 11 is 0. The van der Waals surface area contributed by atoms with Crippen molar-refractivity contribution in [2.75, 3.05) is 13.1 Å². The summed E-state index contributed by atoms with van der Waals surface area (Å²) in [6.45, 7) is -0.283. The summed E-state index contributed by atoms with van der Waals surface area (Å²) < 4.78 is 38.5. The number of carbonyl (C=O) groups excluding carboxylic acids is 1. The number of hydrogen-bond donors (Lipinski definition) is 1. The van der Waals surface area contributed by atoms with Gasteiger partial charge >= 0.3 is 6.18 Å². The highest BCUT2D eigenvalue weighted by molar-refractivity contribution is 5.92. The zero-order valence-corrected chi connectivity index (χ0v) is 13.2. The van der Waals surface area contributed by atoms with Gasteiger partial charge in [-0.2, -0.15) is 13.2 Å². The minimum absolute atomic E-state index is 0.141. The number of halogens is 3. The molecule has 0 unspecified atom stereocenters. The lowest BCUT2D eigenvalue weighted by atomic mass is 9.90. The molecule has 1 aliphatic heterocycles. The van der Waals surface area contributed by atoms with Crippen molar-refractivity contribution in [3.05, 3.63) is 23.8 Å². The van der Waals surface area contributed by atoms with Crippen LogP contribution < -0.4 is 0 Å². The Kier molecular flexibility index (Phi) is 4.50. The fourth-order valence-corrected chi connectivity index (χ4v) is 3.40. The van der Waals surface area contributed by atoms with Crippen molar-refractivity contribution >= 4 is 5.91 Å². The maximum Gasteiger partial charge on any atom is 0.417 e. The van der Waals surface area contributed by atoms with Crippen molar-refractivity contribution in [1.29, 1.82) is 0 Å². The van der Waals surface area contributed by atoms with Gasteiger partial charge in [0.1, 0.15) is 11.5 Å². The molecule has 2 heterocycles. The topological polar surface area (TPSA) is 66.3 Å².